The molecule has 156 valence electrons. The molecule has 0 saturated heterocycles. The molecule has 0 fully saturated rings. The fourth-order valence-corrected chi connectivity index (χ4v) is 3.22. The van der Waals surface area contributed by atoms with Gasteiger partial charge in [0.25, 0.3) is 5.91 Å². The standard InChI is InChI=1S/C21H18F2N2O4S/c22-21(23)30(27,28)19-12-8-17(9-13-19)25-20(26)14-29-18-10-6-16(7-11-18)24-15-4-2-1-3-5-15/h1-13,21,24H,14H2,(H,25,26). The molecule has 9 heteroatoms. The van der Waals surface area contributed by atoms with E-state index in [9.17, 15) is 22.0 Å². The van der Waals surface area contributed by atoms with Crippen LogP contribution in [-0.2, 0) is 14.6 Å². The van der Waals surface area contributed by atoms with Gasteiger partial charge in [-0.25, -0.2) is 8.42 Å². The Morgan fingerprint density at radius 2 is 1.40 bits per heavy atom. The first-order chi connectivity index (χ1) is 14.3. The summed E-state index contributed by atoms with van der Waals surface area (Å²) in [6.07, 6.45) is 0. The summed E-state index contributed by atoms with van der Waals surface area (Å²) >= 11 is 0. The SMILES string of the molecule is O=C(COc1ccc(Nc2ccccc2)cc1)Nc1ccc(S(=O)(=O)C(F)F)cc1. The molecular weight excluding hydrogens is 414 g/mol. The van der Waals surface area contributed by atoms with Gasteiger partial charge in [-0.3, -0.25) is 4.79 Å². The number of carbonyl (C=O) groups excluding carboxylic acids is 1. The first-order valence-corrected chi connectivity index (χ1v) is 10.4. The number of sulfone groups is 1. The number of hydrogen-bond acceptors (Lipinski definition) is 5. The smallest absolute Gasteiger partial charge is 0.341 e. The van der Waals surface area contributed by atoms with Crippen LogP contribution in [0.2, 0.25) is 0 Å². The van der Waals surface area contributed by atoms with Crippen molar-refractivity contribution in [1.29, 1.82) is 0 Å². The van der Waals surface area contributed by atoms with Crippen molar-refractivity contribution in [3.63, 3.8) is 0 Å². The quantitative estimate of drug-likeness (QED) is 0.550. The fourth-order valence-electron chi connectivity index (χ4n) is 2.50. The third-order valence-electron chi connectivity index (χ3n) is 3.99. The van der Waals surface area contributed by atoms with Crippen LogP contribution >= 0.6 is 0 Å². The van der Waals surface area contributed by atoms with E-state index in [1.165, 1.54) is 12.1 Å². The van der Waals surface area contributed by atoms with E-state index in [0.717, 1.165) is 23.5 Å². The van der Waals surface area contributed by atoms with Crippen LogP contribution in [-0.4, -0.2) is 26.7 Å². The second kappa shape index (κ2) is 9.36. The predicted octanol–water partition coefficient (Wildman–Crippen LogP) is 4.44. The molecule has 2 N–H and O–H groups in total. The zero-order chi connectivity index (χ0) is 21.6. The van der Waals surface area contributed by atoms with Gasteiger partial charge in [0.15, 0.2) is 6.61 Å². The average molecular weight is 432 g/mol. The minimum absolute atomic E-state index is 0.263. The van der Waals surface area contributed by atoms with Gasteiger partial charge in [0.2, 0.25) is 9.84 Å². The molecule has 0 spiro atoms. The highest BCUT2D eigenvalue weighted by atomic mass is 32.2. The predicted molar refractivity (Wildman–Crippen MR) is 110 cm³/mol. The normalized spacial score (nSPS) is 11.2. The lowest BCUT2D eigenvalue weighted by molar-refractivity contribution is -0.118. The Hall–Kier alpha value is -3.46. The molecule has 0 atom stereocenters. The van der Waals surface area contributed by atoms with Gasteiger partial charge >= 0.3 is 5.76 Å². The Kier molecular flexibility index (Phi) is 6.63. The summed E-state index contributed by atoms with van der Waals surface area (Å²) in [5.74, 6) is -3.49. The van der Waals surface area contributed by atoms with Gasteiger partial charge in [-0.15, -0.1) is 0 Å². The summed E-state index contributed by atoms with van der Waals surface area (Å²) in [4.78, 5) is 11.5. The van der Waals surface area contributed by atoms with Crippen molar-refractivity contribution < 1.29 is 26.7 Å². The van der Waals surface area contributed by atoms with Gasteiger partial charge in [-0.2, -0.15) is 8.78 Å². The summed E-state index contributed by atoms with van der Waals surface area (Å²) in [5, 5.41) is 5.73. The Morgan fingerprint density at radius 1 is 0.833 bits per heavy atom. The highest BCUT2D eigenvalue weighted by Crippen LogP contribution is 2.21. The van der Waals surface area contributed by atoms with Crippen molar-refractivity contribution in [2.45, 2.75) is 10.7 Å². The Labute approximate surface area is 172 Å². The second-order valence-corrected chi connectivity index (χ2v) is 8.10. The monoisotopic (exact) mass is 432 g/mol. The number of halogens is 2. The van der Waals surface area contributed by atoms with Crippen molar-refractivity contribution in [2.75, 3.05) is 17.2 Å². The van der Waals surface area contributed by atoms with Crippen LogP contribution in [0.4, 0.5) is 25.8 Å². The number of anilines is 3. The maximum absolute atomic E-state index is 12.5. The number of alkyl halides is 2. The van der Waals surface area contributed by atoms with Crippen LogP contribution in [0.3, 0.4) is 0 Å². The lowest BCUT2D eigenvalue weighted by atomic mass is 10.2. The number of para-hydroxylation sites is 1. The third-order valence-corrected chi connectivity index (χ3v) is 5.39. The number of ether oxygens (including phenoxy) is 1. The highest BCUT2D eigenvalue weighted by Gasteiger charge is 2.26. The lowest BCUT2D eigenvalue weighted by Gasteiger charge is -2.10. The molecule has 0 aliphatic heterocycles. The molecule has 0 aliphatic rings. The van der Waals surface area contributed by atoms with Crippen LogP contribution in [0, 0.1) is 0 Å². The Morgan fingerprint density at radius 3 is 2.00 bits per heavy atom. The number of carbonyl (C=O) groups is 1. The fraction of sp³-hybridized carbons (Fsp3) is 0.0952. The van der Waals surface area contributed by atoms with Gasteiger partial charge < -0.3 is 15.4 Å². The second-order valence-electron chi connectivity index (χ2n) is 6.18. The molecule has 3 aromatic rings. The molecule has 6 nitrogen and oxygen atoms in total. The zero-order valence-electron chi connectivity index (χ0n) is 15.6. The summed E-state index contributed by atoms with van der Waals surface area (Å²) in [5.41, 5.74) is 2.06. The first-order valence-electron chi connectivity index (χ1n) is 8.81. The Bertz CT molecular complexity index is 1090. The van der Waals surface area contributed by atoms with Crippen LogP contribution in [0.5, 0.6) is 5.75 Å². The van der Waals surface area contributed by atoms with E-state index in [2.05, 4.69) is 10.6 Å². The van der Waals surface area contributed by atoms with Crippen molar-refractivity contribution >= 4 is 32.8 Å². The van der Waals surface area contributed by atoms with Gasteiger partial charge in [-0.05, 0) is 60.7 Å². The third kappa shape index (κ3) is 5.54. The molecule has 0 heterocycles. The zero-order valence-corrected chi connectivity index (χ0v) is 16.4. The van der Waals surface area contributed by atoms with E-state index in [0.29, 0.717) is 5.75 Å². The van der Waals surface area contributed by atoms with E-state index in [4.69, 9.17) is 4.74 Å². The maximum Gasteiger partial charge on any atom is 0.341 e. The van der Waals surface area contributed by atoms with Crippen molar-refractivity contribution in [1.82, 2.24) is 0 Å². The van der Waals surface area contributed by atoms with Crippen LogP contribution < -0.4 is 15.4 Å². The van der Waals surface area contributed by atoms with E-state index in [1.807, 2.05) is 42.5 Å². The summed E-state index contributed by atoms with van der Waals surface area (Å²) in [7, 11) is -4.67. The molecule has 0 saturated carbocycles. The van der Waals surface area contributed by atoms with Crippen LogP contribution in [0.1, 0.15) is 0 Å². The maximum atomic E-state index is 12.5. The average Bonchev–Trinajstić information content (AvgIpc) is 2.74. The van der Waals surface area contributed by atoms with E-state index >= 15 is 0 Å². The molecule has 3 rings (SSSR count). The largest absolute Gasteiger partial charge is 0.484 e. The highest BCUT2D eigenvalue weighted by molar-refractivity contribution is 7.91. The number of benzene rings is 3. The van der Waals surface area contributed by atoms with Crippen molar-refractivity contribution in [3.05, 3.63) is 78.9 Å². The van der Waals surface area contributed by atoms with E-state index < -0.39 is 26.4 Å². The number of nitrogens with one attached hydrogen (secondary N) is 2. The number of rotatable bonds is 8. The molecule has 0 radical (unpaired) electrons. The molecular formula is C21H18F2N2O4S. The summed E-state index contributed by atoms with van der Waals surface area (Å²) in [6, 6.07) is 21.2. The molecule has 0 bridgehead atoms. The van der Waals surface area contributed by atoms with Gasteiger partial charge in [-0.1, -0.05) is 18.2 Å². The summed E-state index contributed by atoms with van der Waals surface area (Å²) < 4.78 is 53.3. The van der Waals surface area contributed by atoms with Crippen molar-refractivity contribution in [3.8, 4) is 5.75 Å². The Balaban J connectivity index is 1.51. The first kappa shape index (κ1) is 21.3. The van der Waals surface area contributed by atoms with Crippen LogP contribution in [0.25, 0.3) is 0 Å². The van der Waals surface area contributed by atoms with Gasteiger partial charge in [0, 0.05) is 17.1 Å². The van der Waals surface area contributed by atoms with E-state index in [-0.39, 0.29) is 12.3 Å². The molecule has 0 aliphatic carbocycles. The number of hydrogen-bond donors (Lipinski definition) is 2. The molecule has 1 amide bonds. The molecule has 30 heavy (non-hydrogen) atoms. The van der Waals surface area contributed by atoms with Gasteiger partial charge in [0.1, 0.15) is 5.75 Å². The number of amides is 1. The van der Waals surface area contributed by atoms with Crippen LogP contribution in [0.15, 0.2) is 83.8 Å². The molecule has 0 aromatic heterocycles. The minimum atomic E-state index is -4.67. The van der Waals surface area contributed by atoms with Crippen molar-refractivity contribution in [2.24, 2.45) is 0 Å². The van der Waals surface area contributed by atoms with E-state index in [1.54, 1.807) is 12.1 Å². The summed E-state index contributed by atoms with van der Waals surface area (Å²) in [6.45, 7) is -0.275. The minimum Gasteiger partial charge on any atom is -0.484 e. The molecule has 3 aromatic carbocycles. The molecule has 0 unspecified atom stereocenters. The lowest BCUT2D eigenvalue weighted by Crippen LogP contribution is -2.20. The van der Waals surface area contributed by atoms with Gasteiger partial charge in [0.05, 0.1) is 4.90 Å². The topological polar surface area (TPSA) is 84.5 Å².